The van der Waals surface area contributed by atoms with Gasteiger partial charge in [-0.05, 0) is 37.9 Å². The standard InChI is InChI=1S/C15H24N2O2/c1-11(2)16-9-4-5-10-17-15(19)13-8-6-7-12(3)14(13)18/h6-8,11,16,18H,4-5,9-10H2,1-3H3,(H,17,19). The Morgan fingerprint density at radius 2 is 1.95 bits per heavy atom. The van der Waals surface area contributed by atoms with Crippen LogP contribution in [0.5, 0.6) is 5.75 Å². The van der Waals surface area contributed by atoms with Gasteiger partial charge in [0.25, 0.3) is 5.91 Å². The number of aryl methyl sites for hydroxylation is 1. The van der Waals surface area contributed by atoms with Gasteiger partial charge in [-0.2, -0.15) is 0 Å². The summed E-state index contributed by atoms with van der Waals surface area (Å²) in [5.74, 6) is -0.139. The summed E-state index contributed by atoms with van der Waals surface area (Å²) in [6.45, 7) is 7.60. The predicted molar refractivity (Wildman–Crippen MR) is 77.5 cm³/mol. The van der Waals surface area contributed by atoms with Gasteiger partial charge in [0.15, 0.2) is 0 Å². The number of phenolic OH excluding ortho intramolecular Hbond substituents is 1. The van der Waals surface area contributed by atoms with Gasteiger partial charge >= 0.3 is 0 Å². The molecule has 1 aromatic rings. The van der Waals surface area contributed by atoms with Crippen LogP contribution >= 0.6 is 0 Å². The first-order valence-electron chi connectivity index (χ1n) is 6.82. The zero-order valence-electron chi connectivity index (χ0n) is 12.0. The van der Waals surface area contributed by atoms with E-state index in [4.69, 9.17) is 0 Å². The molecule has 0 aliphatic rings. The van der Waals surface area contributed by atoms with Crippen molar-refractivity contribution in [3.05, 3.63) is 29.3 Å². The van der Waals surface area contributed by atoms with E-state index in [0.29, 0.717) is 23.7 Å². The Bertz CT molecular complexity index is 417. The number of hydrogen-bond donors (Lipinski definition) is 3. The number of nitrogens with one attached hydrogen (secondary N) is 2. The van der Waals surface area contributed by atoms with Crippen molar-refractivity contribution in [2.24, 2.45) is 0 Å². The zero-order valence-corrected chi connectivity index (χ0v) is 12.0. The molecule has 0 aliphatic heterocycles. The fourth-order valence-corrected chi connectivity index (χ4v) is 1.78. The molecule has 3 N–H and O–H groups in total. The third kappa shape index (κ3) is 5.30. The molecule has 4 heteroatoms. The number of hydrogen-bond acceptors (Lipinski definition) is 3. The molecule has 106 valence electrons. The van der Waals surface area contributed by atoms with Crippen LogP contribution in [0, 0.1) is 6.92 Å². The van der Waals surface area contributed by atoms with Crippen LogP contribution in [0.3, 0.4) is 0 Å². The Morgan fingerprint density at radius 1 is 1.26 bits per heavy atom. The SMILES string of the molecule is Cc1cccc(C(=O)NCCCCNC(C)C)c1O. The van der Waals surface area contributed by atoms with E-state index in [-0.39, 0.29) is 11.7 Å². The first-order valence-corrected chi connectivity index (χ1v) is 6.82. The van der Waals surface area contributed by atoms with Crippen molar-refractivity contribution in [3.63, 3.8) is 0 Å². The van der Waals surface area contributed by atoms with Crippen molar-refractivity contribution in [2.75, 3.05) is 13.1 Å². The summed E-state index contributed by atoms with van der Waals surface area (Å²) >= 11 is 0. The fourth-order valence-electron chi connectivity index (χ4n) is 1.78. The minimum absolute atomic E-state index is 0.0708. The van der Waals surface area contributed by atoms with Crippen LogP contribution in [0.2, 0.25) is 0 Å². The molecule has 1 aromatic carbocycles. The maximum absolute atomic E-state index is 11.9. The average Bonchev–Trinajstić information content (AvgIpc) is 2.36. The van der Waals surface area contributed by atoms with E-state index in [1.807, 2.05) is 0 Å². The molecule has 1 rings (SSSR count). The number of rotatable bonds is 7. The molecular weight excluding hydrogens is 240 g/mol. The molecule has 0 saturated carbocycles. The highest BCUT2D eigenvalue weighted by Gasteiger charge is 2.11. The van der Waals surface area contributed by atoms with Crippen LogP contribution in [0.15, 0.2) is 18.2 Å². The Balaban J connectivity index is 2.30. The van der Waals surface area contributed by atoms with E-state index in [2.05, 4.69) is 24.5 Å². The lowest BCUT2D eigenvalue weighted by Gasteiger charge is -2.09. The molecule has 19 heavy (non-hydrogen) atoms. The van der Waals surface area contributed by atoms with Crippen molar-refractivity contribution in [3.8, 4) is 5.75 Å². The number of para-hydroxylation sites is 1. The number of amides is 1. The smallest absolute Gasteiger partial charge is 0.255 e. The molecular formula is C15H24N2O2. The van der Waals surface area contributed by atoms with Gasteiger partial charge in [0, 0.05) is 12.6 Å². The van der Waals surface area contributed by atoms with Crippen molar-refractivity contribution in [1.82, 2.24) is 10.6 Å². The molecule has 0 heterocycles. The summed E-state index contributed by atoms with van der Waals surface area (Å²) in [6, 6.07) is 5.69. The minimum atomic E-state index is -0.210. The maximum Gasteiger partial charge on any atom is 0.255 e. The summed E-state index contributed by atoms with van der Waals surface area (Å²) in [5, 5.41) is 16.0. The summed E-state index contributed by atoms with van der Waals surface area (Å²) in [7, 11) is 0. The second-order valence-corrected chi connectivity index (χ2v) is 5.04. The lowest BCUT2D eigenvalue weighted by molar-refractivity contribution is 0.0950. The number of carbonyl (C=O) groups excluding carboxylic acids is 1. The first-order chi connectivity index (χ1) is 9.02. The Morgan fingerprint density at radius 3 is 2.63 bits per heavy atom. The second-order valence-electron chi connectivity index (χ2n) is 5.04. The van der Waals surface area contributed by atoms with Crippen LogP contribution in [-0.2, 0) is 0 Å². The van der Waals surface area contributed by atoms with Gasteiger partial charge in [0.05, 0.1) is 5.56 Å². The van der Waals surface area contributed by atoms with Gasteiger partial charge in [-0.25, -0.2) is 0 Å². The number of aromatic hydroxyl groups is 1. The van der Waals surface area contributed by atoms with E-state index in [1.165, 1.54) is 0 Å². The second kappa shape index (κ2) is 7.79. The normalized spacial score (nSPS) is 10.7. The van der Waals surface area contributed by atoms with Gasteiger partial charge in [-0.3, -0.25) is 4.79 Å². The van der Waals surface area contributed by atoms with Crippen LogP contribution in [0.25, 0.3) is 0 Å². The summed E-state index contributed by atoms with van der Waals surface area (Å²) in [4.78, 5) is 11.9. The third-order valence-corrected chi connectivity index (χ3v) is 2.92. The van der Waals surface area contributed by atoms with Crippen LogP contribution in [0.1, 0.15) is 42.6 Å². The number of phenols is 1. The molecule has 1 amide bonds. The van der Waals surface area contributed by atoms with Gasteiger partial charge in [-0.15, -0.1) is 0 Å². The lowest BCUT2D eigenvalue weighted by Crippen LogP contribution is -2.27. The average molecular weight is 264 g/mol. The topological polar surface area (TPSA) is 61.4 Å². The monoisotopic (exact) mass is 264 g/mol. The predicted octanol–water partition coefficient (Wildman–Crippen LogP) is 2.21. The highest BCUT2D eigenvalue weighted by Crippen LogP contribution is 2.20. The maximum atomic E-state index is 11.9. The minimum Gasteiger partial charge on any atom is -0.507 e. The van der Waals surface area contributed by atoms with Crippen LogP contribution in [0.4, 0.5) is 0 Å². The van der Waals surface area contributed by atoms with E-state index in [0.717, 1.165) is 19.4 Å². The van der Waals surface area contributed by atoms with Crippen LogP contribution in [-0.4, -0.2) is 30.1 Å². The molecule has 0 bridgehead atoms. The van der Waals surface area contributed by atoms with Crippen molar-refractivity contribution >= 4 is 5.91 Å². The summed E-state index contributed by atoms with van der Waals surface area (Å²) in [5.41, 5.74) is 1.06. The van der Waals surface area contributed by atoms with Gasteiger partial charge in [0.2, 0.25) is 0 Å². The van der Waals surface area contributed by atoms with Gasteiger partial charge < -0.3 is 15.7 Å². The molecule has 0 fully saturated rings. The Hall–Kier alpha value is -1.55. The van der Waals surface area contributed by atoms with Crippen molar-refractivity contribution in [1.29, 1.82) is 0 Å². The van der Waals surface area contributed by atoms with Gasteiger partial charge in [0.1, 0.15) is 5.75 Å². The fraction of sp³-hybridized carbons (Fsp3) is 0.533. The van der Waals surface area contributed by atoms with E-state index in [9.17, 15) is 9.90 Å². The van der Waals surface area contributed by atoms with Crippen molar-refractivity contribution in [2.45, 2.75) is 39.7 Å². The largest absolute Gasteiger partial charge is 0.507 e. The molecule has 0 aromatic heterocycles. The molecule has 0 aliphatic carbocycles. The number of carbonyl (C=O) groups is 1. The van der Waals surface area contributed by atoms with E-state index >= 15 is 0 Å². The van der Waals surface area contributed by atoms with E-state index < -0.39 is 0 Å². The zero-order chi connectivity index (χ0) is 14.3. The lowest BCUT2D eigenvalue weighted by atomic mass is 10.1. The van der Waals surface area contributed by atoms with E-state index in [1.54, 1.807) is 25.1 Å². The van der Waals surface area contributed by atoms with Crippen molar-refractivity contribution < 1.29 is 9.90 Å². The third-order valence-electron chi connectivity index (χ3n) is 2.92. The molecule has 0 spiro atoms. The number of benzene rings is 1. The highest BCUT2D eigenvalue weighted by atomic mass is 16.3. The summed E-state index contributed by atoms with van der Waals surface area (Å²) in [6.07, 6.45) is 1.95. The highest BCUT2D eigenvalue weighted by molar-refractivity contribution is 5.97. The van der Waals surface area contributed by atoms with Crippen LogP contribution < -0.4 is 10.6 Å². The first kappa shape index (κ1) is 15.5. The molecule has 4 nitrogen and oxygen atoms in total. The molecule has 0 radical (unpaired) electrons. The number of unbranched alkanes of at least 4 members (excludes halogenated alkanes) is 1. The molecule has 0 saturated heterocycles. The summed E-state index contributed by atoms with van der Waals surface area (Å²) < 4.78 is 0. The molecule has 0 unspecified atom stereocenters. The Kier molecular flexibility index (Phi) is 6.36. The Labute approximate surface area is 115 Å². The molecule has 0 atom stereocenters. The quantitative estimate of drug-likeness (QED) is 0.662. The van der Waals surface area contributed by atoms with Gasteiger partial charge in [-0.1, -0.05) is 26.0 Å².